The lowest BCUT2D eigenvalue weighted by Crippen LogP contribution is -2.45. The Morgan fingerprint density at radius 2 is 1.96 bits per heavy atom. The third-order valence-electron chi connectivity index (χ3n) is 6.27. The van der Waals surface area contributed by atoms with E-state index in [9.17, 15) is 4.79 Å². The predicted molar refractivity (Wildman–Crippen MR) is 98.5 cm³/mol. The van der Waals surface area contributed by atoms with Gasteiger partial charge >= 0.3 is 0 Å². The van der Waals surface area contributed by atoms with Crippen molar-refractivity contribution in [1.29, 1.82) is 0 Å². The van der Waals surface area contributed by atoms with Crippen molar-refractivity contribution >= 4 is 5.91 Å². The second-order valence-corrected chi connectivity index (χ2v) is 8.07. The van der Waals surface area contributed by atoms with Crippen molar-refractivity contribution < 1.29 is 18.8 Å². The Bertz CT molecular complexity index is 871. The summed E-state index contributed by atoms with van der Waals surface area (Å²) in [5, 5.41) is 7.54. The van der Waals surface area contributed by atoms with Gasteiger partial charge in [-0.15, -0.1) is 0 Å². The lowest BCUT2D eigenvalue weighted by Gasteiger charge is -2.30. The third-order valence-corrected chi connectivity index (χ3v) is 6.27. The monoisotopic (exact) mass is 368 g/mol. The summed E-state index contributed by atoms with van der Waals surface area (Å²) in [5.74, 6) is 2.73. The fourth-order valence-corrected chi connectivity index (χ4v) is 4.25. The summed E-state index contributed by atoms with van der Waals surface area (Å²) in [4.78, 5) is 13.0. The molecule has 142 valence electrons. The van der Waals surface area contributed by atoms with Crippen LogP contribution in [-0.4, -0.2) is 23.9 Å². The van der Waals surface area contributed by atoms with Gasteiger partial charge in [-0.1, -0.05) is 24.9 Å². The van der Waals surface area contributed by atoms with E-state index in [1.165, 1.54) is 19.3 Å². The van der Waals surface area contributed by atoms with Crippen molar-refractivity contribution in [3.8, 4) is 22.8 Å². The van der Waals surface area contributed by atoms with Gasteiger partial charge in [0, 0.05) is 17.7 Å². The zero-order valence-corrected chi connectivity index (χ0v) is 15.5. The van der Waals surface area contributed by atoms with Gasteiger partial charge in [0.25, 0.3) is 0 Å². The predicted octanol–water partition coefficient (Wildman–Crippen LogP) is 3.80. The highest BCUT2D eigenvalue weighted by molar-refractivity contribution is 5.91. The first-order valence-electron chi connectivity index (χ1n) is 9.84. The third kappa shape index (κ3) is 2.87. The number of carbonyl (C=O) groups is 1. The normalized spacial score (nSPS) is 25.2. The lowest BCUT2D eigenvalue weighted by atomic mass is 9.85. The molecule has 6 nitrogen and oxygen atoms in total. The van der Waals surface area contributed by atoms with Crippen LogP contribution in [0.4, 0.5) is 0 Å². The number of amides is 1. The summed E-state index contributed by atoms with van der Waals surface area (Å²) < 4.78 is 16.4. The standard InChI is InChI=1S/C21H24N2O4/c1-13-4-2-3-5-15(13)22-20(24)21(8-9-21)19-11-17(27-23-19)14-6-7-16-18(10-14)26-12-25-16/h6-7,10-11,13,15H,2-5,8-9,12H2,1H3,(H,22,24). The first-order valence-corrected chi connectivity index (χ1v) is 9.84. The zero-order valence-electron chi connectivity index (χ0n) is 15.5. The smallest absolute Gasteiger partial charge is 0.232 e. The molecule has 27 heavy (non-hydrogen) atoms. The molecule has 1 aliphatic heterocycles. The molecule has 5 rings (SSSR count). The molecule has 0 radical (unpaired) electrons. The Balaban J connectivity index is 1.35. The number of ether oxygens (including phenoxy) is 2. The summed E-state index contributed by atoms with van der Waals surface area (Å²) in [5.41, 5.74) is 1.08. The van der Waals surface area contributed by atoms with E-state index >= 15 is 0 Å². The molecule has 2 saturated carbocycles. The Kier molecular flexibility index (Phi) is 3.88. The Hall–Kier alpha value is -2.50. The van der Waals surface area contributed by atoms with Crippen LogP contribution < -0.4 is 14.8 Å². The maximum absolute atomic E-state index is 13.0. The van der Waals surface area contributed by atoms with Gasteiger partial charge in [0.1, 0.15) is 0 Å². The average Bonchev–Trinajstić information content (AvgIpc) is 3.13. The van der Waals surface area contributed by atoms with Crippen LogP contribution in [0.5, 0.6) is 11.5 Å². The topological polar surface area (TPSA) is 73.6 Å². The van der Waals surface area contributed by atoms with Gasteiger partial charge in [0.2, 0.25) is 12.7 Å². The number of hydrogen-bond donors (Lipinski definition) is 1. The van der Waals surface area contributed by atoms with E-state index < -0.39 is 5.41 Å². The maximum atomic E-state index is 13.0. The molecule has 2 atom stereocenters. The summed E-state index contributed by atoms with van der Waals surface area (Å²) in [6.07, 6.45) is 6.38. The Morgan fingerprint density at radius 3 is 2.78 bits per heavy atom. The second kappa shape index (κ2) is 6.29. The van der Waals surface area contributed by atoms with Crippen LogP contribution in [0.2, 0.25) is 0 Å². The van der Waals surface area contributed by atoms with Crippen molar-refractivity contribution in [2.75, 3.05) is 6.79 Å². The molecule has 3 aliphatic rings. The summed E-state index contributed by atoms with van der Waals surface area (Å²) in [6.45, 7) is 2.47. The van der Waals surface area contributed by atoms with E-state index in [4.69, 9.17) is 14.0 Å². The van der Waals surface area contributed by atoms with E-state index in [1.54, 1.807) is 0 Å². The molecule has 2 unspecified atom stereocenters. The molecule has 0 spiro atoms. The van der Waals surface area contributed by atoms with Crippen LogP contribution in [0.15, 0.2) is 28.8 Å². The van der Waals surface area contributed by atoms with E-state index in [0.717, 1.165) is 36.3 Å². The number of aromatic nitrogens is 1. The quantitative estimate of drug-likeness (QED) is 0.889. The number of nitrogens with zero attached hydrogens (tertiary/aromatic N) is 1. The van der Waals surface area contributed by atoms with Crippen molar-refractivity contribution in [2.24, 2.45) is 5.92 Å². The van der Waals surface area contributed by atoms with Gasteiger partial charge in [-0.25, -0.2) is 0 Å². The number of benzene rings is 1. The molecule has 2 heterocycles. The molecular formula is C21H24N2O4. The fraction of sp³-hybridized carbons (Fsp3) is 0.524. The molecular weight excluding hydrogens is 344 g/mol. The summed E-state index contributed by atoms with van der Waals surface area (Å²) in [7, 11) is 0. The van der Waals surface area contributed by atoms with E-state index in [-0.39, 0.29) is 18.7 Å². The van der Waals surface area contributed by atoms with Crippen LogP contribution in [0.1, 0.15) is 51.1 Å². The van der Waals surface area contributed by atoms with E-state index in [1.807, 2.05) is 24.3 Å². The highest BCUT2D eigenvalue weighted by Crippen LogP contribution is 2.49. The molecule has 2 fully saturated rings. The highest BCUT2D eigenvalue weighted by Gasteiger charge is 2.54. The second-order valence-electron chi connectivity index (χ2n) is 8.07. The molecule has 1 aromatic carbocycles. The molecule has 1 amide bonds. The van der Waals surface area contributed by atoms with Crippen LogP contribution in [0, 0.1) is 5.92 Å². The number of fused-ring (bicyclic) bond motifs is 1. The van der Waals surface area contributed by atoms with Crippen LogP contribution in [0.3, 0.4) is 0 Å². The largest absolute Gasteiger partial charge is 0.454 e. The number of hydrogen-bond acceptors (Lipinski definition) is 5. The van der Waals surface area contributed by atoms with Crippen molar-refractivity contribution in [1.82, 2.24) is 10.5 Å². The summed E-state index contributed by atoms with van der Waals surface area (Å²) in [6, 6.07) is 7.85. The number of rotatable bonds is 4. The Morgan fingerprint density at radius 1 is 1.15 bits per heavy atom. The van der Waals surface area contributed by atoms with Crippen molar-refractivity contribution in [2.45, 2.75) is 56.9 Å². The number of carbonyl (C=O) groups excluding carboxylic acids is 1. The van der Waals surface area contributed by atoms with Gasteiger partial charge in [0.05, 0.1) is 11.1 Å². The van der Waals surface area contributed by atoms with Crippen LogP contribution in [-0.2, 0) is 10.2 Å². The van der Waals surface area contributed by atoms with Gasteiger partial charge in [-0.2, -0.15) is 0 Å². The summed E-state index contributed by atoms with van der Waals surface area (Å²) >= 11 is 0. The van der Waals surface area contributed by atoms with Crippen molar-refractivity contribution in [3.05, 3.63) is 30.0 Å². The molecule has 2 aliphatic carbocycles. The average molecular weight is 368 g/mol. The van der Waals surface area contributed by atoms with Crippen LogP contribution >= 0.6 is 0 Å². The molecule has 1 aromatic heterocycles. The molecule has 1 N–H and O–H groups in total. The van der Waals surface area contributed by atoms with Gasteiger partial charge in [0.15, 0.2) is 17.3 Å². The Labute approximate surface area is 158 Å². The van der Waals surface area contributed by atoms with Crippen LogP contribution in [0.25, 0.3) is 11.3 Å². The minimum absolute atomic E-state index is 0.104. The molecule has 2 aromatic rings. The van der Waals surface area contributed by atoms with Gasteiger partial charge in [-0.05, 0) is 49.8 Å². The molecule has 6 heteroatoms. The molecule has 0 bridgehead atoms. The molecule has 0 saturated heterocycles. The van der Waals surface area contributed by atoms with E-state index in [2.05, 4.69) is 17.4 Å². The zero-order chi connectivity index (χ0) is 18.4. The maximum Gasteiger partial charge on any atom is 0.232 e. The minimum atomic E-state index is -0.519. The minimum Gasteiger partial charge on any atom is -0.454 e. The first kappa shape index (κ1) is 16.7. The van der Waals surface area contributed by atoms with Gasteiger partial charge < -0.3 is 19.3 Å². The fourth-order valence-electron chi connectivity index (χ4n) is 4.25. The SMILES string of the molecule is CC1CCCCC1NC(=O)C1(c2cc(-c3ccc4c(c3)OCO4)on2)CC1. The van der Waals surface area contributed by atoms with E-state index in [0.29, 0.717) is 17.4 Å². The van der Waals surface area contributed by atoms with Crippen molar-refractivity contribution in [3.63, 3.8) is 0 Å². The van der Waals surface area contributed by atoms with Gasteiger partial charge in [-0.3, -0.25) is 4.79 Å². The highest BCUT2D eigenvalue weighted by atomic mass is 16.7. The lowest BCUT2D eigenvalue weighted by molar-refractivity contribution is -0.125. The first-order chi connectivity index (χ1) is 13.2. The number of nitrogens with one attached hydrogen (secondary N) is 1.